The summed E-state index contributed by atoms with van der Waals surface area (Å²) in [5, 5.41) is 12.1. The van der Waals surface area contributed by atoms with E-state index in [1.807, 2.05) is 43.3 Å². The molecule has 2 rings (SSSR count). The Balaban J connectivity index is 2.21. The van der Waals surface area contributed by atoms with Crippen LogP contribution in [0.15, 0.2) is 36.5 Å². The average Bonchev–Trinajstić information content (AvgIpc) is 2.41. The number of anilines is 4. The lowest BCUT2D eigenvalue weighted by Crippen LogP contribution is -2.08. The number of carboxylic acid groups (broad SMARTS) is 1. The summed E-state index contributed by atoms with van der Waals surface area (Å²) in [7, 11) is 3.92. The minimum absolute atomic E-state index is 0.0346. The first-order valence-corrected chi connectivity index (χ1v) is 6.00. The van der Waals surface area contributed by atoms with Crippen LogP contribution in [0.4, 0.5) is 22.9 Å². The first kappa shape index (κ1) is 13.7. The van der Waals surface area contributed by atoms with Gasteiger partial charge in [-0.3, -0.25) is 0 Å². The second-order valence-electron chi connectivity index (χ2n) is 4.53. The zero-order valence-corrected chi connectivity index (χ0v) is 11.3. The molecule has 0 saturated carbocycles. The minimum Gasteiger partial charge on any atom is -0.478 e. The van der Waals surface area contributed by atoms with E-state index in [2.05, 4.69) is 10.3 Å². The largest absolute Gasteiger partial charge is 0.478 e. The van der Waals surface area contributed by atoms with E-state index in [1.54, 1.807) is 0 Å². The second kappa shape index (κ2) is 5.48. The van der Waals surface area contributed by atoms with Crippen molar-refractivity contribution in [2.75, 3.05) is 30.0 Å². The van der Waals surface area contributed by atoms with E-state index in [9.17, 15) is 4.79 Å². The molecular weight excluding hydrogens is 256 g/mol. The lowest BCUT2D eigenvalue weighted by molar-refractivity contribution is 0.0698. The zero-order chi connectivity index (χ0) is 14.7. The summed E-state index contributed by atoms with van der Waals surface area (Å²) in [6, 6.07) is 9.12. The Morgan fingerprint density at radius 3 is 2.50 bits per heavy atom. The van der Waals surface area contributed by atoms with Crippen LogP contribution in [0.25, 0.3) is 0 Å². The van der Waals surface area contributed by atoms with Crippen LogP contribution in [0.3, 0.4) is 0 Å². The van der Waals surface area contributed by atoms with Gasteiger partial charge in [0.05, 0.1) is 17.4 Å². The number of nitrogens with one attached hydrogen (secondary N) is 1. The van der Waals surface area contributed by atoms with Crippen LogP contribution in [0, 0.1) is 0 Å². The van der Waals surface area contributed by atoms with Gasteiger partial charge >= 0.3 is 5.97 Å². The highest BCUT2D eigenvalue weighted by Crippen LogP contribution is 2.21. The van der Waals surface area contributed by atoms with E-state index in [-0.39, 0.29) is 11.3 Å². The number of aromatic nitrogens is 1. The molecule has 0 aliphatic rings. The molecule has 6 nitrogen and oxygen atoms in total. The molecule has 1 aromatic heterocycles. The number of rotatable bonds is 4. The van der Waals surface area contributed by atoms with Gasteiger partial charge in [0.2, 0.25) is 0 Å². The monoisotopic (exact) mass is 272 g/mol. The number of carbonyl (C=O) groups is 1. The molecular formula is C14H16N4O2. The molecule has 20 heavy (non-hydrogen) atoms. The van der Waals surface area contributed by atoms with Gasteiger partial charge in [0.1, 0.15) is 5.82 Å². The summed E-state index contributed by atoms with van der Waals surface area (Å²) < 4.78 is 0. The molecule has 0 radical (unpaired) electrons. The Morgan fingerprint density at radius 1 is 1.30 bits per heavy atom. The van der Waals surface area contributed by atoms with Crippen LogP contribution < -0.4 is 16.0 Å². The van der Waals surface area contributed by atoms with Gasteiger partial charge < -0.3 is 21.1 Å². The van der Waals surface area contributed by atoms with Crippen molar-refractivity contribution < 1.29 is 9.90 Å². The second-order valence-corrected chi connectivity index (χ2v) is 4.53. The van der Waals surface area contributed by atoms with Gasteiger partial charge in [0, 0.05) is 25.5 Å². The summed E-state index contributed by atoms with van der Waals surface area (Å²) in [5.74, 6) is -0.634. The Hall–Kier alpha value is -2.76. The third kappa shape index (κ3) is 2.97. The molecule has 0 aliphatic carbocycles. The fraction of sp³-hybridized carbons (Fsp3) is 0.143. The van der Waals surface area contributed by atoms with E-state index < -0.39 is 5.97 Å². The predicted octanol–water partition coefficient (Wildman–Crippen LogP) is 2.17. The lowest BCUT2D eigenvalue weighted by atomic mass is 10.2. The normalized spacial score (nSPS) is 10.1. The van der Waals surface area contributed by atoms with Gasteiger partial charge in [-0.25, -0.2) is 9.78 Å². The summed E-state index contributed by atoms with van der Waals surface area (Å²) in [5.41, 5.74) is 7.64. The number of hydrogen-bond donors (Lipinski definition) is 3. The fourth-order valence-corrected chi connectivity index (χ4v) is 1.71. The van der Waals surface area contributed by atoms with Crippen LogP contribution in [0.2, 0.25) is 0 Å². The predicted molar refractivity (Wildman–Crippen MR) is 79.7 cm³/mol. The SMILES string of the molecule is CN(C)c1ccc(Nc2cc(C(=O)O)c(N)cn2)cc1. The quantitative estimate of drug-likeness (QED) is 0.790. The van der Waals surface area contributed by atoms with E-state index >= 15 is 0 Å². The zero-order valence-electron chi connectivity index (χ0n) is 11.3. The number of pyridine rings is 1. The van der Waals surface area contributed by atoms with Crippen LogP contribution in [-0.4, -0.2) is 30.2 Å². The third-order valence-electron chi connectivity index (χ3n) is 2.82. The van der Waals surface area contributed by atoms with Crippen LogP contribution in [0.1, 0.15) is 10.4 Å². The smallest absolute Gasteiger partial charge is 0.337 e. The van der Waals surface area contributed by atoms with Gasteiger partial charge in [0.15, 0.2) is 0 Å². The highest BCUT2D eigenvalue weighted by Gasteiger charge is 2.09. The van der Waals surface area contributed by atoms with Gasteiger partial charge in [-0.05, 0) is 30.3 Å². The molecule has 104 valence electrons. The number of carboxylic acids is 1. The van der Waals surface area contributed by atoms with Crippen molar-refractivity contribution in [3.05, 3.63) is 42.1 Å². The minimum atomic E-state index is -1.07. The number of nitrogen functional groups attached to an aromatic ring is 1. The van der Waals surface area contributed by atoms with Crippen LogP contribution in [-0.2, 0) is 0 Å². The number of benzene rings is 1. The standard InChI is InChI=1S/C14H16N4O2/c1-18(2)10-5-3-9(4-6-10)17-13-7-11(14(19)20)12(15)8-16-13/h3-8H,15H2,1-2H3,(H,16,17)(H,19,20). The molecule has 0 saturated heterocycles. The number of nitrogens with zero attached hydrogens (tertiary/aromatic N) is 2. The number of aromatic carboxylic acids is 1. The molecule has 6 heteroatoms. The number of nitrogens with two attached hydrogens (primary N) is 1. The molecule has 4 N–H and O–H groups in total. The number of hydrogen-bond acceptors (Lipinski definition) is 5. The summed E-state index contributed by atoms with van der Waals surface area (Å²) in [6.07, 6.45) is 1.33. The van der Waals surface area contributed by atoms with Crippen molar-refractivity contribution in [2.45, 2.75) is 0 Å². The van der Waals surface area contributed by atoms with Gasteiger partial charge in [0.25, 0.3) is 0 Å². The molecule has 0 atom stereocenters. The maximum absolute atomic E-state index is 11.0. The van der Waals surface area contributed by atoms with Crippen molar-refractivity contribution in [2.24, 2.45) is 0 Å². The van der Waals surface area contributed by atoms with Crippen LogP contribution in [0.5, 0.6) is 0 Å². The van der Waals surface area contributed by atoms with Gasteiger partial charge in [-0.15, -0.1) is 0 Å². The lowest BCUT2D eigenvalue weighted by Gasteiger charge is -2.13. The summed E-state index contributed by atoms with van der Waals surface area (Å²) >= 11 is 0. The first-order valence-electron chi connectivity index (χ1n) is 6.00. The van der Waals surface area contributed by atoms with Gasteiger partial charge in [-0.1, -0.05) is 0 Å². The Bertz CT molecular complexity index is 624. The topological polar surface area (TPSA) is 91.5 Å². The summed E-state index contributed by atoms with van der Waals surface area (Å²) in [4.78, 5) is 17.1. The highest BCUT2D eigenvalue weighted by atomic mass is 16.4. The average molecular weight is 272 g/mol. The molecule has 0 spiro atoms. The maximum atomic E-state index is 11.0. The van der Waals surface area contributed by atoms with E-state index in [0.717, 1.165) is 11.4 Å². The molecule has 1 heterocycles. The van der Waals surface area contributed by atoms with Gasteiger partial charge in [-0.2, -0.15) is 0 Å². The van der Waals surface area contributed by atoms with Crippen molar-refractivity contribution in [3.8, 4) is 0 Å². The summed E-state index contributed by atoms with van der Waals surface area (Å²) in [6.45, 7) is 0. The fourth-order valence-electron chi connectivity index (χ4n) is 1.71. The molecule has 0 amide bonds. The van der Waals surface area contributed by atoms with Crippen molar-refractivity contribution >= 4 is 28.8 Å². The molecule has 2 aromatic rings. The van der Waals surface area contributed by atoms with E-state index in [4.69, 9.17) is 10.8 Å². The highest BCUT2D eigenvalue weighted by molar-refractivity contribution is 5.94. The third-order valence-corrected chi connectivity index (χ3v) is 2.82. The molecule has 0 aliphatic heterocycles. The molecule has 0 fully saturated rings. The van der Waals surface area contributed by atoms with Crippen LogP contribution >= 0.6 is 0 Å². The Labute approximate surface area is 116 Å². The Kier molecular flexibility index (Phi) is 3.74. The van der Waals surface area contributed by atoms with Crippen molar-refractivity contribution in [1.82, 2.24) is 4.98 Å². The van der Waals surface area contributed by atoms with E-state index in [1.165, 1.54) is 12.3 Å². The Morgan fingerprint density at radius 2 is 1.95 bits per heavy atom. The molecule has 0 unspecified atom stereocenters. The van der Waals surface area contributed by atoms with Crippen molar-refractivity contribution in [3.63, 3.8) is 0 Å². The maximum Gasteiger partial charge on any atom is 0.337 e. The molecule has 0 bridgehead atoms. The van der Waals surface area contributed by atoms with E-state index in [0.29, 0.717) is 5.82 Å². The van der Waals surface area contributed by atoms with Crippen molar-refractivity contribution in [1.29, 1.82) is 0 Å². The molecule has 1 aromatic carbocycles. The first-order chi connectivity index (χ1) is 9.47.